The van der Waals surface area contributed by atoms with E-state index in [-0.39, 0.29) is 17.9 Å². The van der Waals surface area contributed by atoms with Crippen molar-refractivity contribution in [1.82, 2.24) is 24.7 Å². The quantitative estimate of drug-likeness (QED) is 0.814. The molecule has 1 aromatic carbocycles. The van der Waals surface area contributed by atoms with Crippen molar-refractivity contribution in [2.75, 3.05) is 50.7 Å². The second-order valence-corrected chi connectivity index (χ2v) is 8.01. The maximum atomic E-state index is 12.5. The Bertz CT molecular complexity index is 860. The normalized spacial score (nSPS) is 19.2. The number of para-hydroxylation sites is 1. The summed E-state index contributed by atoms with van der Waals surface area (Å²) in [6.07, 6.45) is 4.99. The largest absolute Gasteiger partial charge is 0.368 e. The fourth-order valence-electron chi connectivity index (χ4n) is 4.33. The van der Waals surface area contributed by atoms with Gasteiger partial charge >= 0.3 is 6.03 Å². The third-order valence-electron chi connectivity index (χ3n) is 6.07. The number of amides is 3. The number of nitrogens with one attached hydrogen (secondary N) is 1. The summed E-state index contributed by atoms with van der Waals surface area (Å²) in [5, 5.41) is 2.91. The summed E-state index contributed by atoms with van der Waals surface area (Å²) in [6.45, 7) is 4.89. The van der Waals surface area contributed by atoms with Crippen molar-refractivity contribution < 1.29 is 9.59 Å². The third-order valence-corrected chi connectivity index (χ3v) is 6.07. The molecule has 1 unspecified atom stereocenters. The van der Waals surface area contributed by atoms with E-state index in [0.29, 0.717) is 19.5 Å². The van der Waals surface area contributed by atoms with E-state index >= 15 is 0 Å². The van der Waals surface area contributed by atoms with Crippen molar-refractivity contribution >= 4 is 17.6 Å². The van der Waals surface area contributed by atoms with Gasteiger partial charge in [-0.05, 0) is 18.6 Å². The smallest absolute Gasteiger partial charge is 0.317 e. The Kier molecular flexibility index (Phi) is 6.21. The van der Waals surface area contributed by atoms with Gasteiger partial charge in [-0.3, -0.25) is 4.79 Å². The van der Waals surface area contributed by atoms with E-state index in [1.54, 1.807) is 6.20 Å². The number of imidazole rings is 1. The topological polar surface area (TPSA) is 73.7 Å². The number of rotatable bonds is 5. The number of urea groups is 1. The van der Waals surface area contributed by atoms with Gasteiger partial charge in [0.05, 0.1) is 0 Å². The summed E-state index contributed by atoms with van der Waals surface area (Å²) >= 11 is 0. The van der Waals surface area contributed by atoms with Crippen LogP contribution in [-0.4, -0.2) is 77.1 Å². The Hall–Kier alpha value is -3.03. The molecule has 4 rings (SSSR count). The number of hydrogen-bond acceptors (Lipinski definition) is 4. The zero-order valence-electron chi connectivity index (χ0n) is 17.5. The number of anilines is 1. The lowest BCUT2D eigenvalue weighted by molar-refractivity contribution is -0.131. The van der Waals surface area contributed by atoms with Gasteiger partial charge in [0.15, 0.2) is 0 Å². The fraction of sp³-hybridized carbons (Fsp3) is 0.500. The van der Waals surface area contributed by atoms with Crippen molar-refractivity contribution in [3.05, 3.63) is 48.5 Å². The molecule has 0 spiro atoms. The molecule has 3 amide bonds. The summed E-state index contributed by atoms with van der Waals surface area (Å²) in [4.78, 5) is 35.4. The standard InChI is InChI=1S/C22H30N6O2/c1-25-12-10-23-21(25)18-8-11-28(17-18)22(30)24-9-7-20(29)27-15-13-26(14-16-27)19-5-3-2-4-6-19/h2-6,10,12,18H,7-9,11,13-17H2,1H3,(H,24,30). The molecule has 0 radical (unpaired) electrons. The van der Waals surface area contributed by atoms with Crippen molar-refractivity contribution in [3.63, 3.8) is 0 Å². The second kappa shape index (κ2) is 9.19. The molecule has 1 aromatic heterocycles. The number of carbonyl (C=O) groups excluding carboxylic acids is 2. The van der Waals surface area contributed by atoms with Crippen molar-refractivity contribution in [3.8, 4) is 0 Å². The Morgan fingerprint density at radius 2 is 1.83 bits per heavy atom. The number of piperazine rings is 1. The van der Waals surface area contributed by atoms with Crippen LogP contribution in [-0.2, 0) is 11.8 Å². The number of benzene rings is 1. The average Bonchev–Trinajstić information content (AvgIpc) is 3.43. The molecule has 0 saturated carbocycles. The van der Waals surface area contributed by atoms with Crippen LogP contribution < -0.4 is 10.2 Å². The number of aryl methyl sites for hydroxylation is 1. The number of carbonyl (C=O) groups is 2. The van der Waals surface area contributed by atoms with Crippen LogP contribution in [0.3, 0.4) is 0 Å². The van der Waals surface area contributed by atoms with Crippen LogP contribution in [0.25, 0.3) is 0 Å². The van der Waals surface area contributed by atoms with Gasteiger partial charge in [0.25, 0.3) is 0 Å². The highest BCUT2D eigenvalue weighted by molar-refractivity contribution is 5.78. The molecule has 8 nitrogen and oxygen atoms in total. The van der Waals surface area contributed by atoms with Gasteiger partial charge in [0.2, 0.25) is 5.91 Å². The zero-order chi connectivity index (χ0) is 20.9. The third kappa shape index (κ3) is 4.58. The highest BCUT2D eigenvalue weighted by atomic mass is 16.2. The van der Waals surface area contributed by atoms with Crippen LogP contribution in [0.2, 0.25) is 0 Å². The van der Waals surface area contributed by atoms with Gasteiger partial charge < -0.3 is 24.6 Å². The van der Waals surface area contributed by atoms with Crippen LogP contribution in [0.5, 0.6) is 0 Å². The first-order chi connectivity index (χ1) is 14.6. The predicted molar refractivity (Wildman–Crippen MR) is 115 cm³/mol. The molecule has 2 fully saturated rings. The van der Waals surface area contributed by atoms with Crippen LogP contribution in [0, 0.1) is 0 Å². The first kappa shape index (κ1) is 20.3. The molecular formula is C22H30N6O2. The second-order valence-electron chi connectivity index (χ2n) is 8.01. The monoisotopic (exact) mass is 410 g/mol. The van der Waals surface area contributed by atoms with Gasteiger partial charge in [-0.25, -0.2) is 9.78 Å². The summed E-state index contributed by atoms with van der Waals surface area (Å²) in [7, 11) is 1.98. The molecule has 1 atom stereocenters. The predicted octanol–water partition coefficient (Wildman–Crippen LogP) is 1.66. The van der Waals surface area contributed by atoms with Gasteiger partial charge in [0.1, 0.15) is 5.82 Å². The lowest BCUT2D eigenvalue weighted by atomic mass is 10.1. The van der Waals surface area contributed by atoms with Crippen LogP contribution in [0.1, 0.15) is 24.6 Å². The van der Waals surface area contributed by atoms with E-state index in [4.69, 9.17) is 0 Å². The Morgan fingerprint density at radius 3 is 2.53 bits per heavy atom. The van der Waals surface area contributed by atoms with Crippen LogP contribution in [0.4, 0.5) is 10.5 Å². The summed E-state index contributed by atoms with van der Waals surface area (Å²) in [6, 6.07) is 10.2. The van der Waals surface area contributed by atoms with Crippen LogP contribution >= 0.6 is 0 Å². The molecule has 1 N–H and O–H groups in total. The van der Waals surface area contributed by atoms with E-state index in [1.165, 1.54) is 5.69 Å². The van der Waals surface area contributed by atoms with Gasteiger partial charge in [-0.2, -0.15) is 0 Å². The van der Waals surface area contributed by atoms with Crippen molar-refractivity contribution in [1.29, 1.82) is 0 Å². The fourth-order valence-corrected chi connectivity index (χ4v) is 4.33. The number of nitrogens with zero attached hydrogens (tertiary/aromatic N) is 5. The summed E-state index contributed by atoms with van der Waals surface area (Å²) < 4.78 is 2.02. The molecule has 8 heteroatoms. The number of aromatic nitrogens is 2. The van der Waals surface area contributed by atoms with Gasteiger partial charge in [-0.15, -0.1) is 0 Å². The lowest BCUT2D eigenvalue weighted by Gasteiger charge is -2.36. The molecule has 0 bridgehead atoms. The zero-order valence-corrected chi connectivity index (χ0v) is 17.5. The molecule has 160 valence electrons. The Labute approximate surface area is 177 Å². The highest BCUT2D eigenvalue weighted by Crippen LogP contribution is 2.25. The Balaban J connectivity index is 1.16. The first-order valence-corrected chi connectivity index (χ1v) is 10.7. The average molecular weight is 411 g/mol. The molecule has 2 aliphatic rings. The Morgan fingerprint density at radius 1 is 1.07 bits per heavy atom. The van der Waals surface area contributed by atoms with Gasteiger partial charge in [-0.1, -0.05) is 18.2 Å². The van der Waals surface area contributed by atoms with E-state index < -0.39 is 0 Å². The van der Waals surface area contributed by atoms with E-state index in [9.17, 15) is 9.59 Å². The molecule has 2 saturated heterocycles. The minimum Gasteiger partial charge on any atom is -0.368 e. The van der Waals surface area contributed by atoms with Crippen LogP contribution in [0.15, 0.2) is 42.7 Å². The lowest BCUT2D eigenvalue weighted by Crippen LogP contribution is -2.49. The van der Waals surface area contributed by atoms with Gasteiger partial charge in [0, 0.05) is 83.3 Å². The molecular weight excluding hydrogens is 380 g/mol. The summed E-state index contributed by atoms with van der Waals surface area (Å²) in [5.74, 6) is 1.41. The van der Waals surface area contributed by atoms with Crippen molar-refractivity contribution in [2.45, 2.75) is 18.8 Å². The summed E-state index contributed by atoms with van der Waals surface area (Å²) in [5.41, 5.74) is 1.20. The molecule has 2 aromatic rings. The molecule has 2 aliphatic heterocycles. The number of likely N-dealkylation sites (tertiary alicyclic amines) is 1. The minimum absolute atomic E-state index is 0.0894. The highest BCUT2D eigenvalue weighted by Gasteiger charge is 2.29. The molecule has 3 heterocycles. The van der Waals surface area contributed by atoms with E-state index in [1.807, 2.05) is 45.8 Å². The molecule has 30 heavy (non-hydrogen) atoms. The minimum atomic E-state index is -0.0894. The maximum absolute atomic E-state index is 12.5. The first-order valence-electron chi connectivity index (χ1n) is 10.7. The van der Waals surface area contributed by atoms with E-state index in [0.717, 1.165) is 45.0 Å². The molecule has 0 aliphatic carbocycles. The van der Waals surface area contributed by atoms with E-state index in [2.05, 4.69) is 27.3 Å². The number of hydrogen-bond donors (Lipinski definition) is 1. The maximum Gasteiger partial charge on any atom is 0.317 e. The SMILES string of the molecule is Cn1ccnc1C1CCN(C(=O)NCCC(=O)N2CCN(c3ccccc3)CC2)C1. The van der Waals surface area contributed by atoms with Crippen molar-refractivity contribution in [2.24, 2.45) is 7.05 Å².